The third-order valence-electron chi connectivity index (χ3n) is 6.99. The normalized spacial score (nSPS) is 26.5. The van der Waals surface area contributed by atoms with Gasteiger partial charge in [0.2, 0.25) is 5.91 Å². The Morgan fingerprint density at radius 2 is 1.66 bits per heavy atom. The minimum Gasteiger partial charge on any atom is -0.376 e. The topological polar surface area (TPSA) is 50.4 Å². The zero-order valence-corrected chi connectivity index (χ0v) is 19.0. The molecular weight excluding hydrogens is 474 g/mol. The standard InChI is InChI=1S/C25H26F6N2O2/c1-32-22(34)19-14-23(16-5-3-2-4-6-16)21(8-7-20(19)33-23)35-10-9-15-11-17(24(26,27)28)13-18(12-15)25(29,30)31/h2-6,11-13,19-21,33H,7-10,14H2,1H3,(H,32,34). The molecule has 0 spiro atoms. The molecule has 2 aromatic rings. The van der Waals surface area contributed by atoms with Crippen molar-refractivity contribution in [1.29, 1.82) is 0 Å². The van der Waals surface area contributed by atoms with Gasteiger partial charge in [0.15, 0.2) is 0 Å². The van der Waals surface area contributed by atoms with E-state index in [-0.39, 0.29) is 42.5 Å². The van der Waals surface area contributed by atoms with E-state index in [2.05, 4.69) is 10.6 Å². The second-order valence-corrected chi connectivity index (χ2v) is 9.11. The van der Waals surface area contributed by atoms with E-state index in [9.17, 15) is 31.1 Å². The number of halogens is 6. The van der Waals surface area contributed by atoms with Gasteiger partial charge in [-0.3, -0.25) is 4.79 Å². The van der Waals surface area contributed by atoms with Crippen LogP contribution in [0.15, 0.2) is 48.5 Å². The van der Waals surface area contributed by atoms with Crippen LogP contribution in [0.3, 0.4) is 0 Å². The SMILES string of the molecule is CNC(=O)C1CC2(c3ccccc3)NC1CCC2OCCc1cc(C(F)(F)F)cc(C(F)(F)F)c1. The zero-order chi connectivity index (χ0) is 25.4. The Morgan fingerprint density at radius 1 is 1.03 bits per heavy atom. The van der Waals surface area contributed by atoms with Gasteiger partial charge in [0, 0.05) is 13.1 Å². The number of carbonyl (C=O) groups is 1. The highest BCUT2D eigenvalue weighted by molar-refractivity contribution is 5.80. The third kappa shape index (κ3) is 5.18. The highest BCUT2D eigenvalue weighted by Gasteiger charge is 2.55. The van der Waals surface area contributed by atoms with Crippen molar-refractivity contribution in [2.75, 3.05) is 13.7 Å². The van der Waals surface area contributed by atoms with Gasteiger partial charge < -0.3 is 15.4 Å². The molecule has 2 heterocycles. The molecule has 0 saturated carbocycles. The monoisotopic (exact) mass is 500 g/mol. The Morgan fingerprint density at radius 3 is 2.23 bits per heavy atom. The van der Waals surface area contributed by atoms with Gasteiger partial charge in [-0.05, 0) is 55.0 Å². The largest absolute Gasteiger partial charge is 0.416 e. The predicted molar refractivity (Wildman–Crippen MR) is 116 cm³/mol. The Kier molecular flexibility index (Phi) is 6.89. The van der Waals surface area contributed by atoms with Crippen LogP contribution in [-0.4, -0.2) is 31.7 Å². The highest BCUT2D eigenvalue weighted by atomic mass is 19.4. The molecule has 2 aliphatic heterocycles. The van der Waals surface area contributed by atoms with Crippen molar-refractivity contribution in [3.63, 3.8) is 0 Å². The van der Waals surface area contributed by atoms with Crippen LogP contribution < -0.4 is 10.6 Å². The number of piperidine rings is 1. The fraction of sp³-hybridized carbons (Fsp3) is 0.480. The molecule has 35 heavy (non-hydrogen) atoms. The maximum Gasteiger partial charge on any atom is 0.416 e. The fourth-order valence-corrected chi connectivity index (χ4v) is 5.35. The highest BCUT2D eigenvalue weighted by Crippen LogP contribution is 2.47. The van der Waals surface area contributed by atoms with Crippen LogP contribution in [0, 0.1) is 5.92 Å². The van der Waals surface area contributed by atoms with Crippen LogP contribution in [0.1, 0.15) is 41.5 Å². The van der Waals surface area contributed by atoms with Gasteiger partial charge in [-0.15, -0.1) is 0 Å². The van der Waals surface area contributed by atoms with Gasteiger partial charge in [-0.1, -0.05) is 30.3 Å². The van der Waals surface area contributed by atoms with Crippen LogP contribution in [-0.2, 0) is 33.8 Å². The lowest BCUT2D eigenvalue weighted by Gasteiger charge is -2.42. The number of hydrogen-bond acceptors (Lipinski definition) is 3. The molecule has 4 nitrogen and oxygen atoms in total. The second kappa shape index (κ2) is 9.46. The van der Waals surface area contributed by atoms with Crippen molar-refractivity contribution < 1.29 is 35.9 Å². The number of rotatable bonds is 6. The number of fused-ring (bicyclic) bond motifs is 2. The van der Waals surface area contributed by atoms with Crippen molar-refractivity contribution in [1.82, 2.24) is 10.6 Å². The fourth-order valence-electron chi connectivity index (χ4n) is 5.35. The summed E-state index contributed by atoms with van der Waals surface area (Å²) in [6.07, 6.45) is -8.55. The second-order valence-electron chi connectivity index (χ2n) is 9.11. The lowest BCUT2D eigenvalue weighted by atomic mass is 9.80. The molecule has 2 saturated heterocycles. The summed E-state index contributed by atoms with van der Waals surface area (Å²) >= 11 is 0. The Bertz CT molecular complexity index is 1020. The number of ether oxygens (including phenoxy) is 1. The van der Waals surface area contributed by atoms with E-state index in [0.29, 0.717) is 19.3 Å². The Hall–Kier alpha value is -2.59. The van der Waals surface area contributed by atoms with Crippen LogP contribution in [0.25, 0.3) is 0 Å². The first-order valence-electron chi connectivity index (χ1n) is 11.4. The van der Waals surface area contributed by atoms with Gasteiger partial charge in [-0.2, -0.15) is 26.3 Å². The quantitative estimate of drug-likeness (QED) is 0.545. The van der Waals surface area contributed by atoms with Crippen molar-refractivity contribution in [3.05, 3.63) is 70.8 Å². The number of alkyl halides is 6. The number of benzene rings is 2. The van der Waals surface area contributed by atoms with Crippen LogP contribution in [0.5, 0.6) is 0 Å². The van der Waals surface area contributed by atoms with E-state index in [1.807, 2.05) is 30.3 Å². The molecule has 2 fully saturated rings. The van der Waals surface area contributed by atoms with Crippen LogP contribution >= 0.6 is 0 Å². The van der Waals surface area contributed by atoms with Gasteiger partial charge in [0.25, 0.3) is 0 Å². The van der Waals surface area contributed by atoms with E-state index < -0.39 is 35.1 Å². The molecule has 2 bridgehead atoms. The summed E-state index contributed by atoms with van der Waals surface area (Å²) in [5.41, 5.74) is -2.52. The lowest BCUT2D eigenvalue weighted by Crippen LogP contribution is -2.54. The summed E-state index contributed by atoms with van der Waals surface area (Å²) in [4.78, 5) is 12.5. The third-order valence-corrected chi connectivity index (χ3v) is 6.99. The summed E-state index contributed by atoms with van der Waals surface area (Å²) in [6.45, 7) is -0.0607. The van der Waals surface area contributed by atoms with Crippen LogP contribution in [0.4, 0.5) is 26.3 Å². The molecule has 2 N–H and O–H groups in total. The van der Waals surface area contributed by atoms with Gasteiger partial charge in [-0.25, -0.2) is 0 Å². The molecule has 10 heteroatoms. The molecule has 0 aliphatic carbocycles. The summed E-state index contributed by atoms with van der Waals surface area (Å²) < 4.78 is 85.2. The molecule has 0 aromatic heterocycles. The molecule has 4 unspecified atom stereocenters. The van der Waals surface area contributed by atoms with Gasteiger partial charge >= 0.3 is 12.4 Å². The number of carbonyl (C=O) groups excluding carboxylic acids is 1. The molecule has 190 valence electrons. The summed E-state index contributed by atoms with van der Waals surface area (Å²) in [5.74, 6) is -0.351. The van der Waals surface area contributed by atoms with E-state index in [1.54, 1.807) is 7.05 Å². The van der Waals surface area contributed by atoms with Crippen LogP contribution in [0.2, 0.25) is 0 Å². The first kappa shape index (κ1) is 25.5. The first-order chi connectivity index (χ1) is 16.4. The van der Waals surface area contributed by atoms with E-state index in [0.717, 1.165) is 17.7 Å². The van der Waals surface area contributed by atoms with E-state index in [4.69, 9.17) is 4.74 Å². The summed E-state index contributed by atoms with van der Waals surface area (Å²) in [6, 6.07) is 11.0. The average molecular weight is 500 g/mol. The molecule has 2 aromatic carbocycles. The summed E-state index contributed by atoms with van der Waals surface area (Å²) in [5, 5.41) is 6.26. The summed E-state index contributed by atoms with van der Waals surface area (Å²) in [7, 11) is 1.58. The molecule has 0 radical (unpaired) electrons. The minimum atomic E-state index is -4.89. The minimum absolute atomic E-state index is 0.0483. The average Bonchev–Trinajstić information content (AvgIpc) is 3.13. The van der Waals surface area contributed by atoms with E-state index >= 15 is 0 Å². The molecule has 2 aliphatic rings. The maximum atomic E-state index is 13.2. The smallest absolute Gasteiger partial charge is 0.376 e. The number of amides is 1. The van der Waals surface area contributed by atoms with Crippen molar-refractivity contribution in [3.8, 4) is 0 Å². The number of hydrogen-bond donors (Lipinski definition) is 2. The molecular formula is C25H26F6N2O2. The molecule has 1 amide bonds. The number of nitrogens with one attached hydrogen (secondary N) is 2. The van der Waals surface area contributed by atoms with Gasteiger partial charge in [0.05, 0.1) is 35.3 Å². The first-order valence-corrected chi connectivity index (χ1v) is 11.4. The van der Waals surface area contributed by atoms with E-state index in [1.165, 1.54) is 0 Å². The lowest BCUT2D eigenvalue weighted by molar-refractivity contribution is -0.143. The molecule has 4 rings (SSSR count). The maximum absolute atomic E-state index is 13.2. The van der Waals surface area contributed by atoms with Crippen molar-refractivity contribution >= 4 is 5.91 Å². The predicted octanol–water partition coefficient (Wildman–Crippen LogP) is 5.07. The van der Waals surface area contributed by atoms with Crippen molar-refractivity contribution in [2.45, 2.75) is 55.7 Å². The van der Waals surface area contributed by atoms with Crippen molar-refractivity contribution in [2.24, 2.45) is 5.92 Å². The molecule has 4 atom stereocenters. The zero-order valence-electron chi connectivity index (χ0n) is 19.0. The van der Waals surface area contributed by atoms with Gasteiger partial charge in [0.1, 0.15) is 0 Å². The Balaban J connectivity index is 1.55. The Labute approximate surface area is 199 Å².